The molecule has 3 heteroatoms. The summed E-state index contributed by atoms with van der Waals surface area (Å²) >= 11 is 1.38. The summed E-state index contributed by atoms with van der Waals surface area (Å²) in [6.07, 6.45) is 0. The van der Waals surface area contributed by atoms with Crippen molar-refractivity contribution in [1.29, 1.82) is 0 Å². The van der Waals surface area contributed by atoms with Crippen LogP contribution in [0.1, 0.15) is 6.92 Å². The van der Waals surface area contributed by atoms with Crippen LogP contribution in [0, 0.1) is 0 Å². The highest BCUT2D eigenvalue weighted by Gasteiger charge is 2.00. The molecular formula is C4H10NOS+. The van der Waals surface area contributed by atoms with E-state index in [0.717, 1.165) is 5.75 Å². The fourth-order valence-electron chi connectivity index (χ4n) is 0.226. The monoisotopic (exact) mass is 120 g/mol. The van der Waals surface area contributed by atoms with Crippen LogP contribution in [0.4, 0.5) is 0 Å². The minimum Gasteiger partial charge on any atom is -0.319 e. The number of rotatable bonds is 2. The van der Waals surface area contributed by atoms with E-state index in [1.165, 1.54) is 11.8 Å². The van der Waals surface area contributed by atoms with E-state index in [1.807, 2.05) is 6.92 Å². The highest BCUT2D eigenvalue weighted by atomic mass is 32.2. The second kappa shape index (κ2) is 4.15. The smallest absolute Gasteiger partial charge is 0.319 e. The molecule has 0 aromatic heterocycles. The molecule has 0 saturated heterocycles. The van der Waals surface area contributed by atoms with Crippen molar-refractivity contribution in [3.05, 3.63) is 0 Å². The van der Waals surface area contributed by atoms with Crippen LogP contribution in [0.15, 0.2) is 0 Å². The van der Waals surface area contributed by atoms with E-state index in [0.29, 0.717) is 5.12 Å². The van der Waals surface area contributed by atoms with Crippen molar-refractivity contribution in [3.63, 3.8) is 0 Å². The second-order valence-corrected chi connectivity index (χ2v) is 2.37. The molecule has 42 valence electrons. The Morgan fingerprint density at radius 2 is 2.43 bits per heavy atom. The summed E-state index contributed by atoms with van der Waals surface area (Å²) in [5.74, 6) is 0.892. The normalized spacial score (nSPS) is 8.86. The van der Waals surface area contributed by atoms with Gasteiger partial charge in [-0.05, 0) is 11.8 Å². The third kappa shape index (κ3) is 3.82. The van der Waals surface area contributed by atoms with E-state index in [1.54, 1.807) is 0 Å². The van der Waals surface area contributed by atoms with Crippen molar-refractivity contribution in [3.8, 4) is 0 Å². The van der Waals surface area contributed by atoms with Gasteiger partial charge in [-0.25, -0.2) is 0 Å². The fraction of sp³-hybridized carbons (Fsp3) is 0.750. The molecule has 0 aliphatic rings. The number of thioether (sulfide) groups is 1. The summed E-state index contributed by atoms with van der Waals surface area (Å²) in [6.45, 7) is 2.25. The lowest BCUT2D eigenvalue weighted by Crippen LogP contribution is -2.09. The molecule has 3 N–H and O–H groups in total. The topological polar surface area (TPSA) is 47.4 Å². The predicted octanol–water partition coefficient (Wildman–Crippen LogP) is 0.201. The zero-order valence-electron chi connectivity index (χ0n) is 4.35. The molecule has 0 unspecified atom stereocenters. The van der Waals surface area contributed by atoms with E-state index in [2.05, 4.69) is 0 Å². The van der Waals surface area contributed by atoms with Crippen LogP contribution in [-0.2, 0) is 0 Å². The van der Waals surface area contributed by atoms with E-state index < -0.39 is 0 Å². The average molecular weight is 120 g/mol. The molecule has 0 rings (SSSR count). The van der Waals surface area contributed by atoms with Crippen molar-refractivity contribution < 1.29 is 4.79 Å². The first-order chi connectivity index (χ1) is 3.31. The Hall–Kier alpha value is -0.0200. The van der Waals surface area contributed by atoms with Crippen LogP contribution in [0.5, 0.6) is 0 Å². The van der Waals surface area contributed by atoms with Gasteiger partial charge in [-0.1, -0.05) is 6.92 Å². The summed E-state index contributed by atoms with van der Waals surface area (Å²) in [5.41, 5.74) is 5.05. The Balaban J connectivity index is 3.00. The van der Waals surface area contributed by atoms with E-state index in [4.69, 9.17) is 10.5 Å². The summed E-state index contributed by atoms with van der Waals surface area (Å²) in [7, 11) is 0. The average Bonchev–Trinajstić information content (AvgIpc) is 1.68. The van der Waals surface area contributed by atoms with Gasteiger partial charge in [0.25, 0.3) is 0 Å². The SMILES string of the molecule is CCSC(=[OH+])CN. The Labute approximate surface area is 47.5 Å². The molecule has 0 amide bonds. The Morgan fingerprint density at radius 1 is 1.86 bits per heavy atom. The lowest BCUT2D eigenvalue weighted by atomic mass is 10.8. The van der Waals surface area contributed by atoms with Gasteiger partial charge < -0.3 is 5.73 Å². The lowest BCUT2D eigenvalue weighted by molar-refractivity contribution is 0.680. The van der Waals surface area contributed by atoms with Gasteiger partial charge in [0.15, 0.2) is 0 Å². The molecule has 0 fully saturated rings. The van der Waals surface area contributed by atoms with Crippen LogP contribution in [0.2, 0.25) is 0 Å². The van der Waals surface area contributed by atoms with Crippen molar-refractivity contribution >= 4 is 16.9 Å². The number of nitrogens with two attached hydrogens (primary N) is 1. The molecule has 7 heavy (non-hydrogen) atoms. The molecule has 0 aromatic rings. The van der Waals surface area contributed by atoms with E-state index in [-0.39, 0.29) is 6.54 Å². The molecule has 0 bridgehead atoms. The third-order valence-electron chi connectivity index (χ3n) is 0.486. The van der Waals surface area contributed by atoms with Crippen LogP contribution >= 0.6 is 11.8 Å². The molecule has 0 atom stereocenters. The maximum Gasteiger partial charge on any atom is 0.364 e. The van der Waals surface area contributed by atoms with Crippen LogP contribution < -0.4 is 5.73 Å². The highest BCUT2D eigenvalue weighted by molar-refractivity contribution is 8.13. The zero-order chi connectivity index (χ0) is 5.70. The first kappa shape index (κ1) is 6.98. The molecule has 0 radical (unpaired) electrons. The Kier molecular flexibility index (Phi) is 4.14. The summed E-state index contributed by atoms with van der Waals surface area (Å²) in [5, 5.41) is 0.322. The molecule has 2 nitrogen and oxygen atoms in total. The molecule has 0 aromatic carbocycles. The summed E-state index contributed by atoms with van der Waals surface area (Å²) < 4.78 is 0. The summed E-state index contributed by atoms with van der Waals surface area (Å²) in [6, 6.07) is 0. The quantitative estimate of drug-likeness (QED) is 0.529. The van der Waals surface area contributed by atoms with Crippen LogP contribution in [-0.4, -0.2) is 22.2 Å². The van der Waals surface area contributed by atoms with Gasteiger partial charge in [-0.15, -0.1) is 0 Å². The van der Waals surface area contributed by atoms with E-state index in [9.17, 15) is 0 Å². The van der Waals surface area contributed by atoms with Gasteiger partial charge in [-0.3, -0.25) is 4.79 Å². The molecule has 0 aliphatic carbocycles. The zero-order valence-corrected chi connectivity index (χ0v) is 5.16. The number of hydrogen-bond donors (Lipinski definition) is 1. The summed E-state index contributed by atoms with van der Waals surface area (Å²) in [4.78, 5) is 8.61. The van der Waals surface area contributed by atoms with Gasteiger partial charge in [0.2, 0.25) is 0 Å². The van der Waals surface area contributed by atoms with Crippen LogP contribution in [0.25, 0.3) is 0 Å². The first-order valence-electron chi connectivity index (χ1n) is 2.19. The minimum absolute atomic E-state index is 0.276. The fourth-order valence-corrected chi connectivity index (χ4v) is 0.677. The largest absolute Gasteiger partial charge is 0.364 e. The second-order valence-electron chi connectivity index (χ2n) is 1.03. The van der Waals surface area contributed by atoms with Crippen molar-refractivity contribution in [2.75, 3.05) is 12.3 Å². The molecule has 0 spiro atoms. The van der Waals surface area contributed by atoms with Gasteiger partial charge in [-0.2, -0.15) is 0 Å². The van der Waals surface area contributed by atoms with Crippen molar-refractivity contribution in [2.45, 2.75) is 6.92 Å². The minimum atomic E-state index is 0.276. The molecule has 0 heterocycles. The van der Waals surface area contributed by atoms with Gasteiger partial charge >= 0.3 is 5.12 Å². The maximum absolute atomic E-state index is 8.61. The molecule has 0 saturated carbocycles. The lowest BCUT2D eigenvalue weighted by Gasteiger charge is -1.80. The highest BCUT2D eigenvalue weighted by Crippen LogP contribution is 1.96. The van der Waals surface area contributed by atoms with Gasteiger partial charge in [0, 0.05) is 5.75 Å². The molecule has 0 aliphatic heterocycles. The van der Waals surface area contributed by atoms with E-state index >= 15 is 0 Å². The van der Waals surface area contributed by atoms with Gasteiger partial charge in [0.1, 0.15) is 6.54 Å². The Bertz CT molecular complexity index is 64.7. The standard InChI is InChI=1S/C4H9NOS/c1-2-7-4(6)3-5/h2-3,5H2,1H3/p+1. The Morgan fingerprint density at radius 3 is 2.57 bits per heavy atom. The molecular weight excluding hydrogens is 110 g/mol. The van der Waals surface area contributed by atoms with Crippen LogP contribution in [0.3, 0.4) is 0 Å². The van der Waals surface area contributed by atoms with Crippen molar-refractivity contribution in [2.24, 2.45) is 5.73 Å². The number of carbonyl (C=O) groups excluding carboxylic acids is 1. The third-order valence-corrected chi connectivity index (χ3v) is 1.27. The van der Waals surface area contributed by atoms with Crippen molar-refractivity contribution in [1.82, 2.24) is 0 Å². The maximum atomic E-state index is 8.61. The predicted molar refractivity (Wildman–Crippen MR) is 34.1 cm³/mol. The first-order valence-corrected chi connectivity index (χ1v) is 3.17. The number of hydrogen-bond acceptors (Lipinski definition) is 2. The van der Waals surface area contributed by atoms with Gasteiger partial charge in [0.05, 0.1) is 0 Å².